The second-order valence-corrected chi connectivity index (χ2v) is 7.66. The van der Waals surface area contributed by atoms with E-state index in [0.717, 1.165) is 22.1 Å². The van der Waals surface area contributed by atoms with Crippen LogP contribution in [-0.2, 0) is 9.59 Å². The van der Waals surface area contributed by atoms with Crippen molar-refractivity contribution in [1.29, 1.82) is 0 Å². The third-order valence-corrected chi connectivity index (χ3v) is 5.64. The number of benzene rings is 2. The average Bonchev–Trinajstić information content (AvgIpc) is 2.75. The van der Waals surface area contributed by atoms with E-state index in [4.69, 9.17) is 20.1 Å². The maximum atomic E-state index is 11.6. The summed E-state index contributed by atoms with van der Waals surface area (Å²) in [4.78, 5) is 23.1. The molecule has 0 atom stereocenters. The Kier molecular flexibility index (Phi) is 8.32. The molecular formula is C23H30O6. The molecular weight excluding hydrogens is 372 g/mol. The highest BCUT2D eigenvalue weighted by atomic mass is 16.5. The fourth-order valence-corrected chi connectivity index (χ4v) is 3.33. The van der Waals surface area contributed by atoms with Crippen LogP contribution in [0.15, 0.2) is 36.4 Å². The van der Waals surface area contributed by atoms with Gasteiger partial charge in [0.25, 0.3) is 0 Å². The molecule has 6 heteroatoms. The minimum absolute atomic E-state index is 0.0373. The third-order valence-electron chi connectivity index (χ3n) is 5.64. The lowest BCUT2D eigenvalue weighted by molar-refractivity contribution is -0.130. The number of rotatable bonds is 6. The highest BCUT2D eigenvalue weighted by Crippen LogP contribution is 2.32. The fourth-order valence-electron chi connectivity index (χ4n) is 3.33. The van der Waals surface area contributed by atoms with Crippen LogP contribution < -0.4 is 4.74 Å². The van der Waals surface area contributed by atoms with Crippen LogP contribution in [0.4, 0.5) is 0 Å². The number of aliphatic hydroxyl groups is 3. The number of fused-ring (bicyclic) bond motifs is 1. The molecule has 2 aromatic carbocycles. The lowest BCUT2D eigenvalue weighted by Crippen LogP contribution is -2.32. The molecule has 1 aliphatic carbocycles. The van der Waals surface area contributed by atoms with Crippen LogP contribution in [0.3, 0.4) is 0 Å². The van der Waals surface area contributed by atoms with Gasteiger partial charge in [-0.1, -0.05) is 31.2 Å². The topological polar surface area (TPSA) is 104 Å². The van der Waals surface area contributed by atoms with E-state index in [1.165, 1.54) is 0 Å². The van der Waals surface area contributed by atoms with Gasteiger partial charge in [0, 0.05) is 18.3 Å². The summed E-state index contributed by atoms with van der Waals surface area (Å²) < 4.78 is 5.21. The molecule has 0 heterocycles. The van der Waals surface area contributed by atoms with Gasteiger partial charge >= 0.3 is 0 Å². The van der Waals surface area contributed by atoms with Crippen LogP contribution in [0.25, 0.3) is 10.8 Å². The Morgan fingerprint density at radius 2 is 1.48 bits per heavy atom. The Hall–Kier alpha value is -2.28. The van der Waals surface area contributed by atoms with E-state index >= 15 is 0 Å². The van der Waals surface area contributed by atoms with Crippen molar-refractivity contribution < 1.29 is 29.6 Å². The van der Waals surface area contributed by atoms with E-state index < -0.39 is 5.41 Å². The first kappa shape index (κ1) is 23.0. The van der Waals surface area contributed by atoms with Gasteiger partial charge < -0.3 is 20.1 Å². The summed E-state index contributed by atoms with van der Waals surface area (Å²) in [6.07, 6.45) is 1.67. The van der Waals surface area contributed by atoms with Gasteiger partial charge in [0.1, 0.15) is 17.3 Å². The molecule has 0 saturated heterocycles. The molecule has 0 amide bonds. The standard InChI is InChI=1S/C17H16O3.C6H14O3/c1-20-17-5-4-11-6-12(2-3-13(11)9-17)14-7-15(18)10-16(19)8-14;1-2-6(3-7,4-8)5-9/h2-6,9,14H,7-8,10H2,1H3;7-9H,2-5H2,1H3. The van der Waals surface area contributed by atoms with E-state index in [1.54, 1.807) is 7.11 Å². The highest BCUT2D eigenvalue weighted by molar-refractivity contribution is 6.02. The summed E-state index contributed by atoms with van der Waals surface area (Å²) >= 11 is 0. The van der Waals surface area contributed by atoms with Crippen molar-refractivity contribution in [2.24, 2.45) is 5.41 Å². The summed E-state index contributed by atoms with van der Waals surface area (Å²) in [7, 11) is 1.65. The third kappa shape index (κ3) is 5.85. The van der Waals surface area contributed by atoms with Crippen molar-refractivity contribution in [3.63, 3.8) is 0 Å². The van der Waals surface area contributed by atoms with E-state index in [2.05, 4.69) is 6.07 Å². The number of aliphatic hydroxyl groups excluding tert-OH is 3. The molecule has 1 fully saturated rings. The minimum atomic E-state index is -0.667. The van der Waals surface area contributed by atoms with Gasteiger partial charge in [0.05, 0.1) is 33.4 Å². The number of carbonyl (C=O) groups excluding carboxylic acids is 2. The normalized spacial score (nSPS) is 15.2. The summed E-state index contributed by atoms with van der Waals surface area (Å²) in [6.45, 7) is 1.35. The summed E-state index contributed by atoms with van der Waals surface area (Å²) in [5.41, 5.74) is 0.407. The number of methoxy groups -OCH3 is 1. The number of hydrogen-bond donors (Lipinski definition) is 3. The summed E-state index contributed by atoms with van der Waals surface area (Å²) in [5, 5.41) is 28.2. The summed E-state index contributed by atoms with van der Waals surface area (Å²) in [6, 6.07) is 12.0. The second-order valence-electron chi connectivity index (χ2n) is 7.66. The number of ether oxygens (including phenoxy) is 1. The molecule has 158 valence electrons. The molecule has 3 N–H and O–H groups in total. The largest absolute Gasteiger partial charge is 0.497 e. The van der Waals surface area contributed by atoms with Crippen molar-refractivity contribution in [2.75, 3.05) is 26.9 Å². The number of Topliss-reactive ketones (excluding diaryl/α,β-unsaturated/α-hetero) is 2. The predicted molar refractivity (Wildman–Crippen MR) is 111 cm³/mol. The van der Waals surface area contributed by atoms with E-state index in [9.17, 15) is 9.59 Å². The molecule has 29 heavy (non-hydrogen) atoms. The zero-order valence-electron chi connectivity index (χ0n) is 17.1. The van der Waals surface area contributed by atoms with E-state index in [1.807, 2.05) is 37.3 Å². The van der Waals surface area contributed by atoms with E-state index in [0.29, 0.717) is 19.3 Å². The van der Waals surface area contributed by atoms with Crippen molar-refractivity contribution in [3.05, 3.63) is 42.0 Å². The number of ketones is 2. The van der Waals surface area contributed by atoms with Gasteiger partial charge in [-0.2, -0.15) is 0 Å². The summed E-state index contributed by atoms with van der Waals surface area (Å²) in [5.74, 6) is 0.977. The Morgan fingerprint density at radius 3 is 1.97 bits per heavy atom. The lowest BCUT2D eigenvalue weighted by Gasteiger charge is -2.24. The highest BCUT2D eigenvalue weighted by Gasteiger charge is 2.26. The molecule has 0 aromatic heterocycles. The van der Waals surface area contributed by atoms with Crippen LogP contribution >= 0.6 is 0 Å². The Balaban J connectivity index is 0.000000284. The number of hydrogen-bond acceptors (Lipinski definition) is 6. The van der Waals surface area contributed by atoms with Gasteiger partial charge in [-0.25, -0.2) is 0 Å². The zero-order valence-corrected chi connectivity index (χ0v) is 17.1. The van der Waals surface area contributed by atoms with Crippen molar-refractivity contribution in [1.82, 2.24) is 0 Å². The molecule has 2 aromatic rings. The van der Waals surface area contributed by atoms with Crippen molar-refractivity contribution in [2.45, 2.75) is 38.5 Å². The first-order valence-electron chi connectivity index (χ1n) is 9.84. The first-order chi connectivity index (χ1) is 13.9. The predicted octanol–water partition coefficient (Wildman–Crippen LogP) is 2.61. The van der Waals surface area contributed by atoms with Crippen LogP contribution in [-0.4, -0.2) is 53.8 Å². The van der Waals surface area contributed by atoms with Crippen LogP contribution in [0.2, 0.25) is 0 Å². The first-order valence-corrected chi connectivity index (χ1v) is 9.84. The van der Waals surface area contributed by atoms with E-state index in [-0.39, 0.29) is 43.7 Å². The molecule has 6 nitrogen and oxygen atoms in total. The van der Waals surface area contributed by atoms with Gasteiger partial charge in [-0.3, -0.25) is 9.59 Å². The van der Waals surface area contributed by atoms with Gasteiger partial charge in [-0.05, 0) is 40.8 Å². The smallest absolute Gasteiger partial charge is 0.140 e. The Labute approximate surface area is 171 Å². The van der Waals surface area contributed by atoms with Gasteiger partial charge in [0.15, 0.2) is 0 Å². The maximum absolute atomic E-state index is 11.6. The average molecular weight is 402 g/mol. The van der Waals surface area contributed by atoms with Gasteiger partial charge in [-0.15, -0.1) is 0 Å². The van der Waals surface area contributed by atoms with Crippen molar-refractivity contribution in [3.8, 4) is 5.75 Å². The SMILES string of the molecule is CCC(CO)(CO)CO.COc1ccc2cc(C3CC(=O)CC(=O)C3)ccc2c1. The molecule has 3 rings (SSSR count). The second kappa shape index (κ2) is 10.5. The number of carbonyl (C=O) groups is 2. The van der Waals surface area contributed by atoms with Crippen LogP contribution in [0, 0.1) is 5.41 Å². The molecule has 0 spiro atoms. The maximum Gasteiger partial charge on any atom is 0.140 e. The van der Waals surface area contributed by atoms with Crippen molar-refractivity contribution >= 4 is 22.3 Å². The quantitative estimate of drug-likeness (QED) is 0.642. The van der Waals surface area contributed by atoms with Crippen LogP contribution in [0.1, 0.15) is 44.1 Å². The monoisotopic (exact) mass is 402 g/mol. The molecule has 0 aliphatic heterocycles. The zero-order chi connectivity index (χ0) is 21.4. The lowest BCUT2D eigenvalue weighted by atomic mass is 9.82. The van der Waals surface area contributed by atoms with Gasteiger partial charge in [0.2, 0.25) is 0 Å². The Morgan fingerprint density at radius 1 is 0.931 bits per heavy atom. The molecule has 0 unspecified atom stereocenters. The van der Waals surface area contributed by atoms with Crippen LogP contribution in [0.5, 0.6) is 5.75 Å². The molecule has 0 bridgehead atoms. The minimum Gasteiger partial charge on any atom is -0.497 e. The molecule has 0 radical (unpaired) electrons. The fraction of sp³-hybridized carbons (Fsp3) is 0.478. The molecule has 1 aliphatic rings. The Bertz CT molecular complexity index is 807. The molecule has 1 saturated carbocycles.